The van der Waals surface area contributed by atoms with E-state index in [4.69, 9.17) is 18.9 Å². The molecule has 2 atom stereocenters. The molecule has 5 rings (SSSR count). The van der Waals surface area contributed by atoms with Gasteiger partial charge in [-0.2, -0.15) is 0 Å². The zero-order valence-electron chi connectivity index (χ0n) is 15.7. The summed E-state index contributed by atoms with van der Waals surface area (Å²) in [5.74, 6) is 2.24. The Morgan fingerprint density at radius 3 is 2.81 bits per heavy atom. The van der Waals surface area contributed by atoms with Gasteiger partial charge >= 0.3 is 0 Å². The minimum atomic E-state index is -0.603. The van der Waals surface area contributed by atoms with E-state index in [1.54, 1.807) is 14.2 Å². The summed E-state index contributed by atoms with van der Waals surface area (Å²) in [4.78, 5) is 2.32. The fraction of sp³-hybridized carbons (Fsp3) is 0.429. The van der Waals surface area contributed by atoms with E-state index in [2.05, 4.69) is 18.0 Å². The molecule has 0 amide bonds. The summed E-state index contributed by atoms with van der Waals surface area (Å²) in [6.45, 7) is 1.11. The number of nitrogens with zero attached hydrogens (tertiary/aromatic N) is 1. The van der Waals surface area contributed by atoms with Crippen molar-refractivity contribution in [3.8, 4) is 23.0 Å². The molecule has 1 N–H and O–H groups in total. The number of phenols is 1. The minimum Gasteiger partial charge on any atom is -0.504 e. The van der Waals surface area contributed by atoms with Gasteiger partial charge in [0.15, 0.2) is 23.0 Å². The van der Waals surface area contributed by atoms with Crippen molar-refractivity contribution >= 4 is 0 Å². The summed E-state index contributed by atoms with van der Waals surface area (Å²) < 4.78 is 23.1. The molecule has 0 radical (unpaired) electrons. The second-order valence-corrected chi connectivity index (χ2v) is 7.46. The predicted molar refractivity (Wildman–Crippen MR) is 98.7 cm³/mol. The number of hydrogen-bond donors (Lipinski definition) is 1. The van der Waals surface area contributed by atoms with Crippen molar-refractivity contribution in [1.82, 2.24) is 4.90 Å². The summed E-state index contributed by atoms with van der Waals surface area (Å²) in [7, 11) is 5.44. The largest absolute Gasteiger partial charge is 0.504 e. The van der Waals surface area contributed by atoms with Crippen LogP contribution in [0.1, 0.15) is 28.3 Å². The number of benzene rings is 2. The molecule has 6 heteroatoms. The maximum absolute atomic E-state index is 10.5. The molecule has 142 valence electrons. The van der Waals surface area contributed by atoms with E-state index < -0.39 is 5.60 Å². The third-order valence-corrected chi connectivity index (χ3v) is 6.24. The monoisotopic (exact) mass is 369 g/mol. The van der Waals surface area contributed by atoms with Crippen molar-refractivity contribution in [2.75, 3.05) is 34.6 Å². The van der Waals surface area contributed by atoms with Crippen LogP contribution < -0.4 is 14.2 Å². The first-order valence-corrected chi connectivity index (χ1v) is 9.16. The minimum absolute atomic E-state index is 0.0248. The Labute approximate surface area is 158 Å². The third-order valence-electron chi connectivity index (χ3n) is 6.24. The molecule has 0 fully saturated rings. The number of fused-ring (bicyclic) bond motifs is 7. The van der Waals surface area contributed by atoms with E-state index in [0.29, 0.717) is 12.2 Å². The molecule has 2 aliphatic heterocycles. The van der Waals surface area contributed by atoms with Gasteiger partial charge in [0.05, 0.1) is 13.2 Å². The Balaban J connectivity index is 1.76. The average molecular weight is 369 g/mol. The molecule has 0 bridgehead atoms. The van der Waals surface area contributed by atoms with E-state index in [-0.39, 0.29) is 18.6 Å². The van der Waals surface area contributed by atoms with Crippen LogP contribution >= 0.6 is 0 Å². The maximum Gasteiger partial charge on any atom is 0.231 e. The fourth-order valence-electron chi connectivity index (χ4n) is 5.01. The van der Waals surface area contributed by atoms with Gasteiger partial charge in [-0.15, -0.1) is 0 Å². The second-order valence-electron chi connectivity index (χ2n) is 7.46. The molecule has 27 heavy (non-hydrogen) atoms. The number of methoxy groups -OCH3 is 2. The van der Waals surface area contributed by atoms with Crippen molar-refractivity contribution in [3.05, 3.63) is 46.5 Å². The van der Waals surface area contributed by atoms with Crippen molar-refractivity contribution < 1.29 is 24.1 Å². The van der Waals surface area contributed by atoms with Crippen LogP contribution in [0.5, 0.6) is 23.0 Å². The summed E-state index contributed by atoms with van der Waals surface area (Å²) in [6.07, 6.45) is 1.56. The number of phenolic OH excluding ortho intramolecular Hbond substituents is 1. The molecule has 2 unspecified atom stereocenters. The number of hydrogen-bond acceptors (Lipinski definition) is 6. The van der Waals surface area contributed by atoms with E-state index in [1.807, 2.05) is 18.2 Å². The number of aromatic hydroxyl groups is 1. The third kappa shape index (κ3) is 2.14. The lowest BCUT2D eigenvalue weighted by molar-refractivity contribution is -0.0676. The van der Waals surface area contributed by atoms with Gasteiger partial charge in [0.2, 0.25) is 6.79 Å². The van der Waals surface area contributed by atoms with Crippen LogP contribution in [-0.2, 0) is 23.2 Å². The Bertz CT molecular complexity index is 927. The predicted octanol–water partition coefficient (Wildman–Crippen LogP) is 2.76. The van der Waals surface area contributed by atoms with Gasteiger partial charge in [-0.25, -0.2) is 0 Å². The highest BCUT2D eigenvalue weighted by Gasteiger charge is 2.54. The highest BCUT2D eigenvalue weighted by molar-refractivity contribution is 5.60. The summed E-state index contributed by atoms with van der Waals surface area (Å²) in [6, 6.07) is 7.81. The molecule has 0 aromatic heterocycles. The molecule has 1 aliphatic carbocycles. The van der Waals surface area contributed by atoms with Gasteiger partial charge in [0.1, 0.15) is 5.60 Å². The summed E-state index contributed by atoms with van der Waals surface area (Å²) in [5.41, 5.74) is 3.89. The second kappa shape index (κ2) is 5.78. The lowest BCUT2D eigenvalue weighted by Crippen LogP contribution is -2.40. The van der Waals surface area contributed by atoms with Crippen molar-refractivity contribution in [3.63, 3.8) is 0 Å². The van der Waals surface area contributed by atoms with Gasteiger partial charge in [0.25, 0.3) is 0 Å². The van der Waals surface area contributed by atoms with Crippen LogP contribution in [0, 0.1) is 0 Å². The van der Waals surface area contributed by atoms with Crippen LogP contribution in [0.4, 0.5) is 0 Å². The Hall–Kier alpha value is -2.44. The summed E-state index contributed by atoms with van der Waals surface area (Å²) in [5, 5.41) is 10.5. The van der Waals surface area contributed by atoms with E-state index in [9.17, 15) is 5.11 Å². The molecule has 0 spiro atoms. The van der Waals surface area contributed by atoms with E-state index in [1.165, 1.54) is 5.56 Å². The molecule has 2 aromatic rings. The average Bonchev–Trinajstić information content (AvgIpc) is 3.25. The fourth-order valence-corrected chi connectivity index (χ4v) is 5.01. The highest BCUT2D eigenvalue weighted by atomic mass is 16.7. The zero-order valence-corrected chi connectivity index (χ0v) is 15.7. The quantitative estimate of drug-likeness (QED) is 0.878. The smallest absolute Gasteiger partial charge is 0.231 e. The first kappa shape index (κ1) is 16.7. The normalized spacial score (nSPS) is 25.5. The molecule has 0 saturated carbocycles. The number of rotatable bonds is 2. The van der Waals surface area contributed by atoms with Crippen LogP contribution in [-0.4, -0.2) is 44.6 Å². The lowest BCUT2D eigenvalue weighted by Gasteiger charge is -2.39. The first-order valence-electron chi connectivity index (χ1n) is 9.16. The Morgan fingerprint density at radius 1 is 1.19 bits per heavy atom. The maximum atomic E-state index is 10.5. The Kier molecular flexibility index (Phi) is 3.58. The molecular weight excluding hydrogens is 346 g/mol. The topological polar surface area (TPSA) is 60.4 Å². The SMILES string of the molecule is COc1cc2c(cc1O)C1(OC)Cc3ccc4c(c3C1N(C)CC2)OCO4. The lowest BCUT2D eigenvalue weighted by atomic mass is 9.83. The van der Waals surface area contributed by atoms with Gasteiger partial charge < -0.3 is 24.1 Å². The molecule has 2 heterocycles. The van der Waals surface area contributed by atoms with Crippen molar-refractivity contribution in [2.45, 2.75) is 24.5 Å². The van der Waals surface area contributed by atoms with Crippen LogP contribution in [0.3, 0.4) is 0 Å². The van der Waals surface area contributed by atoms with E-state index in [0.717, 1.165) is 41.2 Å². The standard InChI is InChI=1S/C21H23NO5/c1-22-7-6-12-8-17(24-2)15(23)9-14(12)21(25-3)10-13-4-5-16-19(27-11-26-16)18(13)20(21)22/h4-5,8-9,20,23H,6-7,10-11H2,1-3H3. The molecule has 6 nitrogen and oxygen atoms in total. The van der Waals surface area contributed by atoms with Crippen LogP contribution in [0.25, 0.3) is 0 Å². The number of ether oxygens (including phenoxy) is 4. The van der Waals surface area contributed by atoms with Crippen LogP contribution in [0.15, 0.2) is 24.3 Å². The Morgan fingerprint density at radius 2 is 2.04 bits per heavy atom. The van der Waals surface area contributed by atoms with Crippen LogP contribution in [0.2, 0.25) is 0 Å². The van der Waals surface area contributed by atoms with Gasteiger partial charge in [-0.3, -0.25) is 4.90 Å². The molecule has 2 aromatic carbocycles. The van der Waals surface area contributed by atoms with Gasteiger partial charge in [-0.05, 0) is 48.4 Å². The number of likely N-dealkylation sites (N-methyl/N-ethyl adjacent to an activating group) is 1. The van der Waals surface area contributed by atoms with Crippen molar-refractivity contribution in [2.24, 2.45) is 0 Å². The summed E-state index contributed by atoms with van der Waals surface area (Å²) >= 11 is 0. The highest BCUT2D eigenvalue weighted by Crippen LogP contribution is 2.58. The van der Waals surface area contributed by atoms with E-state index >= 15 is 0 Å². The van der Waals surface area contributed by atoms with Gasteiger partial charge in [0, 0.05) is 25.6 Å². The van der Waals surface area contributed by atoms with Crippen molar-refractivity contribution in [1.29, 1.82) is 0 Å². The first-order chi connectivity index (χ1) is 13.1. The molecule has 0 saturated heterocycles. The molecular formula is C21H23NO5. The van der Waals surface area contributed by atoms with Gasteiger partial charge in [-0.1, -0.05) is 6.07 Å². The zero-order chi connectivity index (χ0) is 18.8. The molecule has 3 aliphatic rings.